The zero-order valence-corrected chi connectivity index (χ0v) is 13.0. The molecule has 1 aliphatic rings. The second kappa shape index (κ2) is 6.31. The first kappa shape index (κ1) is 16.0. The molecule has 5 nitrogen and oxygen atoms in total. The topological polar surface area (TPSA) is 51.0 Å². The minimum Gasteiger partial charge on any atom is -0.340 e. The standard InChI is InChI=1S/C14H15F3N4OS/c15-14(16,17)11-3-6-21(19-11)9-12(22)20-5-1-2-10(8-20)13-18-4-7-23-13/h3-4,6-7,10H,1-2,5,8-9H2/t10-/m0/s1. The summed E-state index contributed by atoms with van der Waals surface area (Å²) in [4.78, 5) is 18.3. The summed E-state index contributed by atoms with van der Waals surface area (Å²) in [5.41, 5.74) is -0.982. The Balaban J connectivity index is 1.63. The van der Waals surface area contributed by atoms with Crippen LogP contribution in [0.5, 0.6) is 0 Å². The third-order valence-corrected chi connectivity index (χ3v) is 4.74. The monoisotopic (exact) mass is 344 g/mol. The molecule has 9 heteroatoms. The summed E-state index contributed by atoms with van der Waals surface area (Å²) in [5, 5.41) is 6.32. The van der Waals surface area contributed by atoms with Gasteiger partial charge in [0.15, 0.2) is 5.69 Å². The van der Waals surface area contributed by atoms with Gasteiger partial charge in [-0.1, -0.05) is 0 Å². The summed E-state index contributed by atoms with van der Waals surface area (Å²) in [6.07, 6.45) is 0.266. The molecule has 0 spiro atoms. The molecule has 2 aromatic heterocycles. The van der Waals surface area contributed by atoms with Gasteiger partial charge >= 0.3 is 6.18 Å². The van der Waals surface area contributed by atoms with E-state index in [0.29, 0.717) is 13.1 Å². The first-order chi connectivity index (χ1) is 10.9. The number of amides is 1. The van der Waals surface area contributed by atoms with Gasteiger partial charge in [-0.25, -0.2) is 4.98 Å². The summed E-state index contributed by atoms with van der Waals surface area (Å²) < 4.78 is 38.6. The number of thiazole rings is 1. The maximum atomic E-state index is 12.5. The van der Waals surface area contributed by atoms with Crippen molar-refractivity contribution in [2.75, 3.05) is 13.1 Å². The Morgan fingerprint density at radius 2 is 2.26 bits per heavy atom. The molecule has 1 amide bonds. The minimum absolute atomic E-state index is 0.180. The van der Waals surface area contributed by atoms with Crippen molar-refractivity contribution in [1.29, 1.82) is 0 Å². The van der Waals surface area contributed by atoms with Crippen molar-refractivity contribution < 1.29 is 18.0 Å². The number of rotatable bonds is 3. The van der Waals surface area contributed by atoms with E-state index in [1.807, 2.05) is 5.38 Å². The number of hydrogen-bond donors (Lipinski definition) is 0. The quantitative estimate of drug-likeness (QED) is 0.860. The van der Waals surface area contributed by atoms with Gasteiger partial charge in [-0.15, -0.1) is 11.3 Å². The van der Waals surface area contributed by atoms with E-state index in [0.717, 1.165) is 28.6 Å². The number of hydrogen-bond acceptors (Lipinski definition) is 4. The molecule has 3 heterocycles. The molecule has 124 valence electrons. The average molecular weight is 344 g/mol. The predicted molar refractivity (Wildman–Crippen MR) is 77.9 cm³/mol. The van der Waals surface area contributed by atoms with Crippen LogP contribution in [0.2, 0.25) is 0 Å². The van der Waals surface area contributed by atoms with Gasteiger partial charge in [0.25, 0.3) is 0 Å². The Hall–Kier alpha value is -1.90. The molecule has 2 aromatic rings. The van der Waals surface area contributed by atoms with Crippen LogP contribution in [-0.2, 0) is 17.5 Å². The molecule has 0 radical (unpaired) electrons. The number of piperidine rings is 1. The smallest absolute Gasteiger partial charge is 0.340 e. The number of likely N-dealkylation sites (tertiary alicyclic amines) is 1. The molecular weight excluding hydrogens is 329 g/mol. The van der Waals surface area contributed by atoms with E-state index >= 15 is 0 Å². The highest BCUT2D eigenvalue weighted by Crippen LogP contribution is 2.29. The van der Waals surface area contributed by atoms with E-state index in [4.69, 9.17) is 0 Å². The van der Waals surface area contributed by atoms with Gasteiger partial charge in [0.05, 0.1) is 5.01 Å². The summed E-state index contributed by atoms with van der Waals surface area (Å²) in [7, 11) is 0. The Bertz CT molecular complexity index is 668. The SMILES string of the molecule is O=C(Cn1ccc(C(F)(F)F)n1)N1CCC[C@H](c2nccs2)C1. The highest BCUT2D eigenvalue weighted by molar-refractivity contribution is 7.09. The van der Waals surface area contributed by atoms with Crippen LogP contribution in [0.4, 0.5) is 13.2 Å². The van der Waals surface area contributed by atoms with Gasteiger partial charge in [0.2, 0.25) is 5.91 Å². The largest absolute Gasteiger partial charge is 0.435 e. The van der Waals surface area contributed by atoms with Crippen molar-refractivity contribution in [3.05, 3.63) is 34.5 Å². The molecule has 0 N–H and O–H groups in total. The second-order valence-electron chi connectivity index (χ2n) is 5.45. The van der Waals surface area contributed by atoms with Crippen LogP contribution < -0.4 is 0 Å². The average Bonchev–Trinajstić information content (AvgIpc) is 3.18. The van der Waals surface area contributed by atoms with E-state index in [1.54, 1.807) is 22.4 Å². The van der Waals surface area contributed by atoms with Gasteiger partial charge in [-0.2, -0.15) is 18.3 Å². The van der Waals surface area contributed by atoms with Crippen molar-refractivity contribution in [3.63, 3.8) is 0 Å². The lowest BCUT2D eigenvalue weighted by Crippen LogP contribution is -2.40. The maximum absolute atomic E-state index is 12.5. The Labute approximate surface area is 134 Å². The Morgan fingerprint density at radius 3 is 2.91 bits per heavy atom. The highest BCUT2D eigenvalue weighted by Gasteiger charge is 2.34. The van der Waals surface area contributed by atoms with Crippen LogP contribution >= 0.6 is 11.3 Å². The third kappa shape index (κ3) is 3.72. The van der Waals surface area contributed by atoms with Gasteiger partial charge in [-0.05, 0) is 18.9 Å². The lowest BCUT2D eigenvalue weighted by molar-refractivity contribution is -0.142. The molecule has 1 fully saturated rings. The van der Waals surface area contributed by atoms with Gasteiger partial charge in [-0.3, -0.25) is 9.48 Å². The molecule has 0 saturated carbocycles. The fraction of sp³-hybridized carbons (Fsp3) is 0.500. The van der Waals surface area contributed by atoms with Crippen LogP contribution in [0, 0.1) is 0 Å². The van der Waals surface area contributed by atoms with Crippen molar-refractivity contribution in [1.82, 2.24) is 19.7 Å². The van der Waals surface area contributed by atoms with E-state index in [9.17, 15) is 18.0 Å². The zero-order chi connectivity index (χ0) is 16.4. The van der Waals surface area contributed by atoms with Crippen LogP contribution in [0.3, 0.4) is 0 Å². The van der Waals surface area contributed by atoms with Crippen molar-refractivity contribution in [2.45, 2.75) is 31.5 Å². The van der Waals surface area contributed by atoms with Gasteiger partial charge < -0.3 is 4.90 Å². The fourth-order valence-corrected chi connectivity index (χ4v) is 3.45. The highest BCUT2D eigenvalue weighted by atomic mass is 32.1. The maximum Gasteiger partial charge on any atom is 0.435 e. The van der Waals surface area contributed by atoms with E-state index in [-0.39, 0.29) is 18.4 Å². The lowest BCUT2D eigenvalue weighted by atomic mass is 9.99. The van der Waals surface area contributed by atoms with Crippen molar-refractivity contribution in [2.24, 2.45) is 0 Å². The molecule has 1 saturated heterocycles. The molecule has 0 unspecified atom stereocenters. The lowest BCUT2D eigenvalue weighted by Gasteiger charge is -2.31. The zero-order valence-electron chi connectivity index (χ0n) is 12.2. The molecule has 0 bridgehead atoms. The van der Waals surface area contributed by atoms with Crippen LogP contribution in [-0.4, -0.2) is 38.7 Å². The molecule has 1 atom stereocenters. The summed E-state index contributed by atoms with van der Waals surface area (Å²) in [6, 6.07) is 0.877. The fourth-order valence-electron chi connectivity index (χ4n) is 2.68. The van der Waals surface area contributed by atoms with Crippen LogP contribution in [0.25, 0.3) is 0 Å². The molecule has 1 aliphatic heterocycles. The first-order valence-electron chi connectivity index (χ1n) is 7.21. The Morgan fingerprint density at radius 1 is 1.43 bits per heavy atom. The second-order valence-corrected chi connectivity index (χ2v) is 6.37. The number of aromatic nitrogens is 3. The van der Waals surface area contributed by atoms with Crippen LogP contribution in [0.1, 0.15) is 29.5 Å². The number of halogens is 3. The summed E-state index contributed by atoms with van der Waals surface area (Å²) in [6.45, 7) is 0.995. The van der Waals surface area contributed by atoms with E-state index < -0.39 is 11.9 Å². The van der Waals surface area contributed by atoms with Gasteiger partial charge in [0, 0.05) is 36.8 Å². The van der Waals surface area contributed by atoms with Crippen molar-refractivity contribution in [3.8, 4) is 0 Å². The first-order valence-corrected chi connectivity index (χ1v) is 8.09. The van der Waals surface area contributed by atoms with Crippen LogP contribution in [0.15, 0.2) is 23.8 Å². The number of carbonyl (C=O) groups excluding carboxylic acids is 1. The number of alkyl halides is 3. The van der Waals surface area contributed by atoms with Crippen molar-refractivity contribution >= 4 is 17.2 Å². The molecule has 23 heavy (non-hydrogen) atoms. The molecule has 0 aromatic carbocycles. The van der Waals surface area contributed by atoms with Gasteiger partial charge in [0.1, 0.15) is 6.54 Å². The molecule has 3 rings (SSSR count). The third-order valence-electron chi connectivity index (χ3n) is 3.80. The molecular formula is C14H15F3N4OS. The molecule has 0 aliphatic carbocycles. The summed E-state index contributed by atoms with van der Waals surface area (Å²) in [5.74, 6) is -0.0147. The Kier molecular flexibility index (Phi) is 4.38. The normalized spacial score (nSPS) is 19.1. The number of nitrogens with zero attached hydrogens (tertiary/aromatic N) is 4. The van der Waals surface area contributed by atoms with E-state index in [2.05, 4.69) is 10.1 Å². The predicted octanol–water partition coefficient (Wildman–Crippen LogP) is 2.76. The van der Waals surface area contributed by atoms with E-state index in [1.165, 1.54) is 6.20 Å². The summed E-state index contributed by atoms with van der Waals surface area (Å²) >= 11 is 1.56. The number of carbonyl (C=O) groups is 1. The minimum atomic E-state index is -4.49.